The van der Waals surface area contributed by atoms with Crippen molar-refractivity contribution in [2.45, 2.75) is 45.1 Å². The summed E-state index contributed by atoms with van der Waals surface area (Å²) in [5.74, 6) is 0.503. The fourth-order valence-electron chi connectivity index (χ4n) is 2.39. The van der Waals surface area contributed by atoms with Crippen LogP contribution in [0.15, 0.2) is 22.8 Å². The first-order valence-corrected chi connectivity index (χ1v) is 6.05. The van der Waals surface area contributed by atoms with Crippen molar-refractivity contribution in [3.63, 3.8) is 0 Å². The predicted molar refractivity (Wildman–Crippen MR) is 60.2 cm³/mol. The highest BCUT2D eigenvalue weighted by molar-refractivity contribution is 5.86. The average molecular weight is 222 g/mol. The van der Waals surface area contributed by atoms with Crippen LogP contribution in [0.3, 0.4) is 0 Å². The van der Waals surface area contributed by atoms with Gasteiger partial charge in [-0.25, -0.2) is 4.79 Å². The quantitative estimate of drug-likeness (QED) is 0.736. The Balaban J connectivity index is 1.95. The standard InChI is InChI=1S/C13H18O3/c1-2-10-6-3-4-7-11(10)16-13(14)12-8-5-9-15-12/h5,8-11H,2-4,6-7H2,1H3. The Morgan fingerprint density at radius 3 is 3.00 bits per heavy atom. The molecule has 0 saturated heterocycles. The van der Waals surface area contributed by atoms with Crippen LogP contribution >= 0.6 is 0 Å². The second-order valence-corrected chi connectivity index (χ2v) is 4.37. The molecule has 1 saturated carbocycles. The Kier molecular flexibility index (Phi) is 3.65. The number of rotatable bonds is 3. The molecule has 1 aliphatic rings. The monoisotopic (exact) mass is 222 g/mol. The van der Waals surface area contributed by atoms with Gasteiger partial charge in [-0.2, -0.15) is 0 Å². The molecule has 2 unspecified atom stereocenters. The molecule has 0 bridgehead atoms. The highest BCUT2D eigenvalue weighted by Gasteiger charge is 2.27. The first-order chi connectivity index (χ1) is 7.81. The molecule has 1 aliphatic carbocycles. The predicted octanol–water partition coefficient (Wildman–Crippen LogP) is 3.41. The molecule has 0 aliphatic heterocycles. The van der Waals surface area contributed by atoms with E-state index in [0.717, 1.165) is 19.3 Å². The summed E-state index contributed by atoms with van der Waals surface area (Å²) < 4.78 is 10.5. The molecule has 1 aromatic heterocycles. The Labute approximate surface area is 95.8 Å². The van der Waals surface area contributed by atoms with E-state index in [2.05, 4.69) is 6.92 Å². The number of esters is 1. The van der Waals surface area contributed by atoms with E-state index < -0.39 is 0 Å². The van der Waals surface area contributed by atoms with E-state index in [1.165, 1.54) is 19.1 Å². The lowest BCUT2D eigenvalue weighted by Crippen LogP contribution is -2.29. The molecule has 0 radical (unpaired) electrons. The van der Waals surface area contributed by atoms with Crippen molar-refractivity contribution in [1.29, 1.82) is 0 Å². The van der Waals surface area contributed by atoms with Crippen molar-refractivity contribution >= 4 is 5.97 Å². The third kappa shape index (κ3) is 2.46. The SMILES string of the molecule is CCC1CCCCC1OC(=O)c1ccco1. The van der Waals surface area contributed by atoms with Crippen molar-refractivity contribution in [1.82, 2.24) is 0 Å². The topological polar surface area (TPSA) is 39.4 Å². The normalized spacial score (nSPS) is 25.3. The number of carbonyl (C=O) groups excluding carboxylic acids is 1. The van der Waals surface area contributed by atoms with E-state index in [0.29, 0.717) is 11.7 Å². The van der Waals surface area contributed by atoms with Crippen molar-refractivity contribution in [2.24, 2.45) is 5.92 Å². The Bertz CT molecular complexity index is 329. The maximum Gasteiger partial charge on any atom is 0.374 e. The summed E-state index contributed by atoms with van der Waals surface area (Å²) in [5, 5.41) is 0. The van der Waals surface area contributed by atoms with Crippen LogP contribution in [0, 0.1) is 5.92 Å². The Hall–Kier alpha value is -1.25. The van der Waals surface area contributed by atoms with Crippen LogP contribution in [0.4, 0.5) is 0 Å². The van der Waals surface area contributed by atoms with Crippen molar-refractivity contribution in [2.75, 3.05) is 0 Å². The Morgan fingerprint density at radius 2 is 2.31 bits per heavy atom. The lowest BCUT2D eigenvalue weighted by atomic mass is 9.85. The molecule has 0 spiro atoms. The maximum atomic E-state index is 11.7. The highest BCUT2D eigenvalue weighted by Crippen LogP contribution is 2.29. The molecule has 3 nitrogen and oxygen atoms in total. The van der Waals surface area contributed by atoms with E-state index in [4.69, 9.17) is 9.15 Å². The lowest BCUT2D eigenvalue weighted by molar-refractivity contribution is -0.00225. The Morgan fingerprint density at radius 1 is 1.50 bits per heavy atom. The van der Waals surface area contributed by atoms with Gasteiger partial charge in [0.1, 0.15) is 6.10 Å². The summed E-state index contributed by atoms with van der Waals surface area (Å²) in [6.07, 6.45) is 7.24. The first kappa shape index (κ1) is 11.2. The van der Waals surface area contributed by atoms with Crippen LogP contribution in [0.5, 0.6) is 0 Å². The molecule has 88 valence electrons. The molecule has 1 aromatic rings. The van der Waals surface area contributed by atoms with E-state index in [1.54, 1.807) is 12.1 Å². The smallest absolute Gasteiger partial charge is 0.374 e. The van der Waals surface area contributed by atoms with Gasteiger partial charge in [-0.3, -0.25) is 0 Å². The van der Waals surface area contributed by atoms with Gasteiger partial charge in [0.15, 0.2) is 0 Å². The van der Waals surface area contributed by atoms with Crippen LogP contribution in [-0.2, 0) is 4.74 Å². The van der Waals surface area contributed by atoms with Gasteiger partial charge in [-0.1, -0.05) is 13.3 Å². The number of hydrogen-bond acceptors (Lipinski definition) is 3. The number of carbonyl (C=O) groups is 1. The van der Waals surface area contributed by atoms with Gasteiger partial charge in [0.2, 0.25) is 5.76 Å². The molecular weight excluding hydrogens is 204 g/mol. The van der Waals surface area contributed by atoms with E-state index in [-0.39, 0.29) is 12.1 Å². The summed E-state index contributed by atoms with van der Waals surface area (Å²) in [5.41, 5.74) is 0. The highest BCUT2D eigenvalue weighted by atomic mass is 16.6. The lowest BCUT2D eigenvalue weighted by Gasteiger charge is -2.30. The third-order valence-electron chi connectivity index (χ3n) is 3.34. The zero-order chi connectivity index (χ0) is 11.4. The van der Waals surface area contributed by atoms with Gasteiger partial charge in [0.25, 0.3) is 0 Å². The van der Waals surface area contributed by atoms with Crippen LogP contribution in [0.2, 0.25) is 0 Å². The minimum absolute atomic E-state index is 0.0800. The minimum atomic E-state index is -0.324. The fourth-order valence-corrected chi connectivity index (χ4v) is 2.39. The molecule has 2 rings (SSSR count). The second-order valence-electron chi connectivity index (χ2n) is 4.37. The van der Waals surface area contributed by atoms with Gasteiger partial charge in [-0.15, -0.1) is 0 Å². The second kappa shape index (κ2) is 5.19. The molecular formula is C13H18O3. The number of furan rings is 1. The summed E-state index contributed by atoms with van der Waals surface area (Å²) >= 11 is 0. The van der Waals surface area contributed by atoms with E-state index >= 15 is 0 Å². The third-order valence-corrected chi connectivity index (χ3v) is 3.34. The maximum absolute atomic E-state index is 11.7. The van der Waals surface area contributed by atoms with E-state index in [1.807, 2.05) is 0 Å². The first-order valence-electron chi connectivity index (χ1n) is 6.05. The molecule has 1 fully saturated rings. The van der Waals surface area contributed by atoms with E-state index in [9.17, 15) is 4.79 Å². The summed E-state index contributed by atoms with van der Waals surface area (Å²) in [7, 11) is 0. The fraction of sp³-hybridized carbons (Fsp3) is 0.615. The summed E-state index contributed by atoms with van der Waals surface area (Å²) in [6, 6.07) is 3.35. The zero-order valence-corrected chi connectivity index (χ0v) is 9.65. The van der Waals surface area contributed by atoms with Gasteiger partial charge in [0.05, 0.1) is 6.26 Å². The molecule has 0 amide bonds. The summed E-state index contributed by atoms with van der Waals surface area (Å²) in [6.45, 7) is 2.16. The molecule has 16 heavy (non-hydrogen) atoms. The van der Waals surface area contributed by atoms with Crippen molar-refractivity contribution < 1.29 is 13.9 Å². The zero-order valence-electron chi connectivity index (χ0n) is 9.65. The molecule has 0 aromatic carbocycles. The largest absolute Gasteiger partial charge is 0.457 e. The molecule has 3 heteroatoms. The van der Waals surface area contributed by atoms with Gasteiger partial charge in [-0.05, 0) is 43.7 Å². The van der Waals surface area contributed by atoms with Gasteiger partial charge >= 0.3 is 5.97 Å². The molecule has 0 N–H and O–H groups in total. The molecule has 1 heterocycles. The van der Waals surface area contributed by atoms with Gasteiger partial charge < -0.3 is 9.15 Å². The number of hydrogen-bond donors (Lipinski definition) is 0. The van der Waals surface area contributed by atoms with Crippen molar-refractivity contribution in [3.8, 4) is 0 Å². The van der Waals surface area contributed by atoms with Crippen LogP contribution in [-0.4, -0.2) is 12.1 Å². The average Bonchev–Trinajstić information content (AvgIpc) is 2.83. The van der Waals surface area contributed by atoms with Crippen LogP contribution in [0.1, 0.15) is 49.6 Å². The number of ether oxygens (including phenoxy) is 1. The minimum Gasteiger partial charge on any atom is -0.457 e. The molecule has 2 atom stereocenters. The van der Waals surface area contributed by atoms with Crippen LogP contribution < -0.4 is 0 Å². The van der Waals surface area contributed by atoms with Crippen LogP contribution in [0.25, 0.3) is 0 Å². The summed E-state index contributed by atoms with van der Waals surface area (Å²) in [4.78, 5) is 11.7. The van der Waals surface area contributed by atoms with Gasteiger partial charge in [0, 0.05) is 0 Å². The van der Waals surface area contributed by atoms with Crippen molar-refractivity contribution in [3.05, 3.63) is 24.2 Å².